The number of aliphatic hydroxyl groups is 1. The number of benzene rings is 3. The fourth-order valence-corrected chi connectivity index (χ4v) is 4.49. The molecule has 39 heavy (non-hydrogen) atoms. The van der Waals surface area contributed by atoms with Crippen LogP contribution in [-0.2, 0) is 13.6 Å². The average molecular weight is 526 g/mol. The molecular weight excluding hydrogens is 502 g/mol. The summed E-state index contributed by atoms with van der Waals surface area (Å²) in [7, 11) is 1.46. The number of azo groups is 1. The Hall–Kier alpha value is -5.23. The van der Waals surface area contributed by atoms with Gasteiger partial charge in [0.2, 0.25) is 5.88 Å². The van der Waals surface area contributed by atoms with Gasteiger partial charge in [-0.2, -0.15) is 4.98 Å². The highest BCUT2D eigenvalue weighted by Crippen LogP contribution is 2.36. The summed E-state index contributed by atoms with van der Waals surface area (Å²) in [5.74, 6) is 0.362. The standard InChI is InChI=1S/C27H23N7O5/c1-33-23-22(25(37)30-27(33)38)34(13-17(35)14-39-18-11-10-15-6-2-3-7-16(15)12-18)26(29-23)32-31-21-19-8-4-5-9-20(19)28-24(21)36/h2-12,17,28,35-36H,13-14H2,1H3,(H,30,37,38)/t17-/m1/s1. The first-order valence-corrected chi connectivity index (χ1v) is 12.1. The quantitative estimate of drug-likeness (QED) is 0.233. The van der Waals surface area contributed by atoms with E-state index in [1.807, 2.05) is 48.5 Å². The second-order valence-electron chi connectivity index (χ2n) is 9.05. The Morgan fingerprint density at radius 3 is 2.62 bits per heavy atom. The number of nitrogens with zero attached hydrogens (tertiary/aromatic N) is 5. The molecule has 0 bridgehead atoms. The van der Waals surface area contributed by atoms with E-state index in [9.17, 15) is 19.8 Å². The van der Waals surface area contributed by atoms with E-state index in [0.717, 1.165) is 10.8 Å². The molecule has 3 aromatic carbocycles. The van der Waals surface area contributed by atoms with Crippen molar-refractivity contribution < 1.29 is 14.9 Å². The summed E-state index contributed by atoms with van der Waals surface area (Å²) in [6.07, 6.45) is -1.07. The Morgan fingerprint density at radius 2 is 1.77 bits per heavy atom. The van der Waals surface area contributed by atoms with E-state index < -0.39 is 17.4 Å². The maximum atomic E-state index is 12.8. The fourth-order valence-electron chi connectivity index (χ4n) is 4.49. The van der Waals surface area contributed by atoms with Gasteiger partial charge in [0.25, 0.3) is 11.5 Å². The molecule has 0 saturated heterocycles. The number of aromatic amines is 2. The molecule has 196 valence electrons. The van der Waals surface area contributed by atoms with Crippen LogP contribution in [0.3, 0.4) is 0 Å². The number of imidazole rings is 1. The van der Waals surface area contributed by atoms with E-state index in [1.165, 1.54) is 16.2 Å². The lowest BCUT2D eigenvalue weighted by atomic mass is 10.1. The van der Waals surface area contributed by atoms with Crippen molar-refractivity contribution in [1.82, 2.24) is 24.1 Å². The number of hydrogen-bond acceptors (Lipinski definition) is 8. The van der Waals surface area contributed by atoms with Crippen molar-refractivity contribution >= 4 is 44.5 Å². The number of aryl methyl sites for hydroxylation is 1. The van der Waals surface area contributed by atoms with Gasteiger partial charge in [-0.05, 0) is 29.0 Å². The lowest BCUT2D eigenvalue weighted by Gasteiger charge is -2.14. The zero-order valence-corrected chi connectivity index (χ0v) is 20.7. The number of ether oxygens (including phenoxy) is 1. The topological polar surface area (TPSA) is 163 Å². The molecule has 1 atom stereocenters. The van der Waals surface area contributed by atoms with Crippen LogP contribution in [-0.4, -0.2) is 47.0 Å². The van der Waals surface area contributed by atoms with E-state index in [0.29, 0.717) is 16.7 Å². The number of aromatic hydroxyl groups is 1. The summed E-state index contributed by atoms with van der Waals surface area (Å²) in [4.78, 5) is 34.4. The van der Waals surface area contributed by atoms with E-state index in [2.05, 4.69) is 25.2 Å². The lowest BCUT2D eigenvalue weighted by molar-refractivity contribution is 0.0938. The fraction of sp³-hybridized carbons (Fsp3) is 0.148. The first-order chi connectivity index (χ1) is 18.9. The minimum atomic E-state index is -1.07. The molecule has 0 amide bonds. The number of hydrogen-bond donors (Lipinski definition) is 4. The predicted octanol–water partition coefficient (Wildman–Crippen LogP) is 3.62. The molecule has 0 aliphatic heterocycles. The summed E-state index contributed by atoms with van der Waals surface area (Å²) in [6, 6.07) is 20.6. The van der Waals surface area contributed by atoms with Gasteiger partial charge in [-0.1, -0.05) is 48.5 Å². The second kappa shape index (κ2) is 9.58. The minimum absolute atomic E-state index is 0.0360. The van der Waals surface area contributed by atoms with Crippen molar-refractivity contribution in [2.45, 2.75) is 12.6 Å². The average Bonchev–Trinajstić information content (AvgIpc) is 3.46. The Labute approximate surface area is 219 Å². The van der Waals surface area contributed by atoms with Gasteiger partial charge < -0.3 is 19.9 Å². The highest BCUT2D eigenvalue weighted by Gasteiger charge is 2.20. The van der Waals surface area contributed by atoms with Crippen molar-refractivity contribution in [3.63, 3.8) is 0 Å². The smallest absolute Gasteiger partial charge is 0.329 e. The molecule has 12 nitrogen and oxygen atoms in total. The van der Waals surface area contributed by atoms with E-state index in [1.54, 1.807) is 18.2 Å². The molecule has 0 spiro atoms. The zero-order chi connectivity index (χ0) is 27.1. The summed E-state index contributed by atoms with van der Waals surface area (Å²) in [5.41, 5.74) is -0.359. The third-order valence-corrected chi connectivity index (χ3v) is 6.44. The first kappa shape index (κ1) is 24.1. The summed E-state index contributed by atoms with van der Waals surface area (Å²) in [6.45, 7) is -0.207. The monoisotopic (exact) mass is 525 g/mol. The summed E-state index contributed by atoms with van der Waals surface area (Å²) < 4.78 is 8.36. The van der Waals surface area contributed by atoms with Crippen molar-refractivity contribution in [3.8, 4) is 11.6 Å². The molecule has 4 N–H and O–H groups in total. The first-order valence-electron chi connectivity index (χ1n) is 12.1. The summed E-state index contributed by atoms with van der Waals surface area (Å²) >= 11 is 0. The van der Waals surface area contributed by atoms with E-state index >= 15 is 0 Å². The minimum Gasteiger partial charge on any atom is -0.493 e. The van der Waals surface area contributed by atoms with Gasteiger partial charge in [0, 0.05) is 12.4 Å². The maximum absolute atomic E-state index is 12.8. The van der Waals surface area contributed by atoms with Crippen molar-refractivity contribution in [2.75, 3.05) is 6.61 Å². The summed E-state index contributed by atoms with van der Waals surface area (Å²) in [5, 5.41) is 32.3. The molecule has 6 rings (SSSR count). The van der Waals surface area contributed by atoms with E-state index in [4.69, 9.17) is 4.74 Å². The zero-order valence-electron chi connectivity index (χ0n) is 20.7. The number of aliphatic hydroxyl groups excluding tert-OH is 1. The number of nitrogens with one attached hydrogen (secondary N) is 2. The molecule has 0 radical (unpaired) electrons. The molecule has 12 heteroatoms. The number of para-hydroxylation sites is 1. The van der Waals surface area contributed by atoms with Crippen LogP contribution in [0.4, 0.5) is 11.6 Å². The Balaban J connectivity index is 1.34. The predicted molar refractivity (Wildman–Crippen MR) is 145 cm³/mol. The van der Waals surface area contributed by atoms with Crippen LogP contribution in [0.25, 0.3) is 32.8 Å². The van der Waals surface area contributed by atoms with Crippen LogP contribution >= 0.6 is 0 Å². The van der Waals surface area contributed by atoms with Crippen LogP contribution in [0.1, 0.15) is 0 Å². The molecule has 3 heterocycles. The molecular formula is C27H23N7O5. The Kier molecular flexibility index (Phi) is 5.92. The number of fused-ring (bicyclic) bond motifs is 3. The van der Waals surface area contributed by atoms with Crippen molar-refractivity contribution in [3.05, 3.63) is 87.6 Å². The van der Waals surface area contributed by atoms with Gasteiger partial charge in [0.05, 0.1) is 12.1 Å². The van der Waals surface area contributed by atoms with Crippen molar-refractivity contribution in [1.29, 1.82) is 0 Å². The number of aromatic nitrogens is 5. The van der Waals surface area contributed by atoms with Gasteiger partial charge in [-0.3, -0.25) is 18.9 Å². The molecule has 3 aromatic heterocycles. The largest absolute Gasteiger partial charge is 0.493 e. The normalized spacial score (nSPS) is 12.7. The third-order valence-electron chi connectivity index (χ3n) is 6.44. The van der Waals surface area contributed by atoms with Crippen LogP contribution in [0.5, 0.6) is 11.6 Å². The number of H-pyrrole nitrogens is 2. The highest BCUT2D eigenvalue weighted by molar-refractivity contribution is 5.94. The lowest BCUT2D eigenvalue weighted by Crippen LogP contribution is -2.30. The molecule has 0 aliphatic carbocycles. The van der Waals surface area contributed by atoms with Crippen molar-refractivity contribution in [2.24, 2.45) is 17.3 Å². The highest BCUT2D eigenvalue weighted by atomic mass is 16.5. The van der Waals surface area contributed by atoms with Crippen LogP contribution in [0.15, 0.2) is 86.5 Å². The van der Waals surface area contributed by atoms with Gasteiger partial charge in [-0.25, -0.2) is 4.79 Å². The van der Waals surface area contributed by atoms with Gasteiger partial charge >= 0.3 is 5.69 Å². The van der Waals surface area contributed by atoms with Gasteiger partial charge in [-0.15, -0.1) is 10.2 Å². The van der Waals surface area contributed by atoms with Gasteiger partial charge in [0.15, 0.2) is 16.9 Å². The molecule has 0 unspecified atom stereocenters. The third kappa shape index (κ3) is 4.42. The van der Waals surface area contributed by atoms with Crippen LogP contribution < -0.4 is 16.0 Å². The van der Waals surface area contributed by atoms with Crippen LogP contribution in [0, 0.1) is 0 Å². The number of rotatable bonds is 7. The Morgan fingerprint density at radius 1 is 1.00 bits per heavy atom. The molecule has 6 aromatic rings. The molecule has 0 saturated carbocycles. The Bertz CT molecular complexity index is 2000. The van der Waals surface area contributed by atoms with Crippen LogP contribution in [0.2, 0.25) is 0 Å². The van der Waals surface area contributed by atoms with Gasteiger partial charge in [0.1, 0.15) is 18.5 Å². The SMILES string of the molecule is Cn1c(=O)[nH]c(=O)c2c1nc(N=Nc1c(O)[nH]c3ccccc13)n2C[C@@H](O)COc1ccc2ccccc2c1. The maximum Gasteiger partial charge on any atom is 0.329 e. The second-order valence-corrected chi connectivity index (χ2v) is 9.05. The molecule has 0 fully saturated rings. The molecule has 0 aliphatic rings. The van der Waals surface area contributed by atoms with E-state index in [-0.39, 0.29) is 41.8 Å².